The molecule has 0 saturated heterocycles. The summed E-state index contributed by atoms with van der Waals surface area (Å²) in [5.74, 6) is -0.489. The molecule has 0 aliphatic carbocycles. The Hall–Kier alpha value is -2.95. The number of amides is 1. The van der Waals surface area contributed by atoms with Crippen LogP contribution in [0.4, 0.5) is 24.5 Å². The van der Waals surface area contributed by atoms with Crippen LogP contribution in [0.2, 0.25) is 10.0 Å². The number of alkyl halides is 3. The minimum atomic E-state index is -4.59. The number of anilines is 2. The Balaban J connectivity index is 1.67. The number of nitrogens with zero attached hydrogens (tertiary/aromatic N) is 1. The minimum absolute atomic E-state index is 0.0128. The summed E-state index contributed by atoms with van der Waals surface area (Å²) in [4.78, 5) is 12.2. The molecule has 0 saturated carbocycles. The van der Waals surface area contributed by atoms with Crippen molar-refractivity contribution in [3.8, 4) is 5.75 Å². The van der Waals surface area contributed by atoms with Gasteiger partial charge in [0.05, 0.1) is 34.8 Å². The molecule has 0 heterocycles. The molecule has 12 heteroatoms. The fraction of sp³-hybridized carbons (Fsp3) is 0.174. The van der Waals surface area contributed by atoms with E-state index in [0.29, 0.717) is 16.3 Å². The van der Waals surface area contributed by atoms with E-state index in [9.17, 15) is 26.4 Å². The van der Waals surface area contributed by atoms with E-state index in [1.807, 2.05) is 0 Å². The summed E-state index contributed by atoms with van der Waals surface area (Å²) in [6.45, 7) is -0.500. The van der Waals surface area contributed by atoms with Gasteiger partial charge in [-0.3, -0.25) is 9.10 Å². The Morgan fingerprint density at radius 1 is 1.00 bits per heavy atom. The van der Waals surface area contributed by atoms with Crippen molar-refractivity contribution in [1.82, 2.24) is 0 Å². The number of benzene rings is 3. The first-order valence-corrected chi connectivity index (χ1v) is 12.6. The van der Waals surface area contributed by atoms with Gasteiger partial charge in [-0.05, 0) is 54.1 Å². The lowest BCUT2D eigenvalue weighted by Gasteiger charge is -2.23. The lowest BCUT2D eigenvalue weighted by molar-refractivity contribution is -0.137. The van der Waals surface area contributed by atoms with Gasteiger partial charge in [0, 0.05) is 5.02 Å². The number of hydrogen-bond donors (Lipinski definition) is 1. The van der Waals surface area contributed by atoms with Crippen LogP contribution in [-0.4, -0.2) is 27.2 Å². The summed E-state index contributed by atoms with van der Waals surface area (Å²) in [5, 5.41) is 2.64. The van der Waals surface area contributed by atoms with Gasteiger partial charge < -0.3 is 10.1 Å². The normalized spacial score (nSPS) is 11.7. The highest BCUT2D eigenvalue weighted by Gasteiger charge is 2.31. The van der Waals surface area contributed by atoms with Crippen molar-refractivity contribution >= 4 is 50.5 Å². The third kappa shape index (κ3) is 7.27. The van der Waals surface area contributed by atoms with E-state index in [4.69, 9.17) is 27.9 Å². The number of carbonyl (C=O) groups excluding carboxylic acids is 1. The van der Waals surface area contributed by atoms with Gasteiger partial charge in [0.2, 0.25) is 10.0 Å². The maximum atomic E-state index is 12.9. The molecule has 3 aromatic rings. The molecule has 0 unspecified atom stereocenters. The third-order valence-electron chi connectivity index (χ3n) is 4.73. The van der Waals surface area contributed by atoms with Crippen molar-refractivity contribution < 1.29 is 31.1 Å². The van der Waals surface area contributed by atoms with Gasteiger partial charge in [-0.1, -0.05) is 41.4 Å². The summed E-state index contributed by atoms with van der Waals surface area (Å²) >= 11 is 12.0. The third-order valence-corrected chi connectivity index (χ3v) is 6.57. The number of ether oxygens (including phenoxy) is 1. The van der Waals surface area contributed by atoms with Crippen molar-refractivity contribution in [1.29, 1.82) is 0 Å². The van der Waals surface area contributed by atoms with Crippen LogP contribution < -0.4 is 14.4 Å². The molecule has 0 aliphatic heterocycles. The fourth-order valence-corrected chi connectivity index (χ4v) is 4.26. The van der Waals surface area contributed by atoms with Crippen molar-refractivity contribution in [3.05, 3.63) is 87.9 Å². The summed E-state index contributed by atoms with van der Waals surface area (Å²) in [6, 6.07) is 15.3. The van der Waals surface area contributed by atoms with Crippen molar-refractivity contribution in [2.45, 2.75) is 12.7 Å². The topological polar surface area (TPSA) is 75.7 Å². The first-order chi connectivity index (χ1) is 16.3. The van der Waals surface area contributed by atoms with Gasteiger partial charge in [-0.25, -0.2) is 8.42 Å². The van der Waals surface area contributed by atoms with E-state index < -0.39 is 34.3 Å². The van der Waals surface area contributed by atoms with E-state index in [1.165, 1.54) is 28.6 Å². The Labute approximate surface area is 210 Å². The molecule has 3 rings (SSSR count). The molecule has 0 fully saturated rings. The van der Waals surface area contributed by atoms with Crippen LogP contribution >= 0.6 is 23.2 Å². The van der Waals surface area contributed by atoms with Crippen LogP contribution in [0.15, 0.2) is 66.7 Å². The molecule has 0 aliphatic rings. The SMILES string of the molecule is CS(=O)(=O)N(Cc1ccccc1Cl)c1ccc(OCC(=O)Nc2cc(C(F)(F)F)ccc2Cl)cc1. The lowest BCUT2D eigenvalue weighted by Crippen LogP contribution is -2.29. The quantitative estimate of drug-likeness (QED) is 0.376. The van der Waals surface area contributed by atoms with E-state index in [2.05, 4.69) is 5.32 Å². The summed E-state index contributed by atoms with van der Waals surface area (Å²) in [5.41, 5.74) is -0.195. The molecule has 35 heavy (non-hydrogen) atoms. The van der Waals surface area contributed by atoms with Crippen LogP contribution in [-0.2, 0) is 27.5 Å². The van der Waals surface area contributed by atoms with Crippen LogP contribution in [0.5, 0.6) is 5.75 Å². The predicted molar refractivity (Wildman–Crippen MR) is 129 cm³/mol. The fourth-order valence-electron chi connectivity index (χ4n) is 3.02. The zero-order valence-electron chi connectivity index (χ0n) is 18.1. The summed E-state index contributed by atoms with van der Waals surface area (Å²) in [7, 11) is -3.65. The van der Waals surface area contributed by atoms with Crippen molar-refractivity contribution in [2.75, 3.05) is 22.5 Å². The molecule has 186 valence electrons. The van der Waals surface area contributed by atoms with E-state index in [-0.39, 0.29) is 23.0 Å². The van der Waals surface area contributed by atoms with Crippen molar-refractivity contribution in [3.63, 3.8) is 0 Å². The second kappa shape index (κ2) is 10.8. The van der Waals surface area contributed by atoms with Crippen LogP contribution in [0.1, 0.15) is 11.1 Å². The van der Waals surface area contributed by atoms with Gasteiger partial charge >= 0.3 is 6.18 Å². The molecular weight excluding hydrogens is 528 g/mol. The van der Waals surface area contributed by atoms with Crippen molar-refractivity contribution in [2.24, 2.45) is 0 Å². The van der Waals surface area contributed by atoms with Crippen LogP contribution in [0, 0.1) is 0 Å². The van der Waals surface area contributed by atoms with Gasteiger partial charge in [0.15, 0.2) is 6.61 Å². The average Bonchev–Trinajstić information content (AvgIpc) is 2.77. The summed E-state index contributed by atoms with van der Waals surface area (Å²) in [6.07, 6.45) is -3.52. The standard InChI is InChI=1S/C23H19Cl2F3N2O4S/c1-35(32,33)30(13-15-4-2-3-5-19(15)24)17-7-9-18(10-8-17)34-14-22(31)29-21-12-16(23(26,27)28)6-11-20(21)25/h2-12H,13-14H2,1H3,(H,29,31). The molecule has 0 bridgehead atoms. The number of nitrogens with one attached hydrogen (secondary N) is 1. The highest BCUT2D eigenvalue weighted by Crippen LogP contribution is 2.34. The molecule has 6 nitrogen and oxygen atoms in total. The predicted octanol–water partition coefficient (Wildman–Crippen LogP) is 6.00. The molecule has 1 N–H and O–H groups in total. The summed E-state index contributed by atoms with van der Waals surface area (Å²) < 4.78 is 69.9. The lowest BCUT2D eigenvalue weighted by atomic mass is 10.2. The molecule has 1 amide bonds. The minimum Gasteiger partial charge on any atom is -0.484 e. The molecule has 0 atom stereocenters. The Morgan fingerprint density at radius 2 is 1.66 bits per heavy atom. The highest BCUT2D eigenvalue weighted by atomic mass is 35.5. The number of carbonyl (C=O) groups is 1. The second-order valence-corrected chi connectivity index (χ2v) is 10.1. The van der Waals surface area contributed by atoms with Gasteiger partial charge in [0.25, 0.3) is 5.91 Å². The monoisotopic (exact) mass is 546 g/mol. The second-order valence-electron chi connectivity index (χ2n) is 7.38. The van der Waals surface area contributed by atoms with Crippen LogP contribution in [0.3, 0.4) is 0 Å². The Bertz CT molecular complexity index is 1320. The molecule has 0 radical (unpaired) electrons. The molecular formula is C23H19Cl2F3N2O4S. The number of halogens is 5. The first kappa shape index (κ1) is 26.7. The zero-order valence-corrected chi connectivity index (χ0v) is 20.5. The zero-order chi connectivity index (χ0) is 25.8. The molecule has 0 aromatic heterocycles. The van der Waals surface area contributed by atoms with Gasteiger partial charge in [0.1, 0.15) is 5.75 Å². The smallest absolute Gasteiger partial charge is 0.416 e. The molecule has 0 spiro atoms. The Kier molecular flexibility index (Phi) is 8.19. The highest BCUT2D eigenvalue weighted by molar-refractivity contribution is 7.92. The first-order valence-electron chi connectivity index (χ1n) is 9.95. The average molecular weight is 547 g/mol. The maximum Gasteiger partial charge on any atom is 0.416 e. The van der Waals surface area contributed by atoms with Gasteiger partial charge in [-0.2, -0.15) is 13.2 Å². The Morgan fingerprint density at radius 3 is 2.26 bits per heavy atom. The van der Waals surface area contributed by atoms with E-state index in [1.54, 1.807) is 24.3 Å². The number of hydrogen-bond acceptors (Lipinski definition) is 4. The van der Waals surface area contributed by atoms with E-state index in [0.717, 1.165) is 24.5 Å². The van der Waals surface area contributed by atoms with Gasteiger partial charge in [-0.15, -0.1) is 0 Å². The number of sulfonamides is 1. The molecule has 3 aromatic carbocycles. The van der Waals surface area contributed by atoms with Crippen LogP contribution in [0.25, 0.3) is 0 Å². The number of rotatable bonds is 8. The van der Waals surface area contributed by atoms with E-state index >= 15 is 0 Å². The largest absolute Gasteiger partial charge is 0.484 e. The maximum absolute atomic E-state index is 12.9.